The van der Waals surface area contributed by atoms with Crippen molar-refractivity contribution in [2.24, 2.45) is 5.73 Å². The second-order valence-corrected chi connectivity index (χ2v) is 10.4. The normalized spacial score (nSPS) is 15.2. The average Bonchev–Trinajstić information content (AvgIpc) is 3.55. The molecule has 40 heavy (non-hydrogen) atoms. The molecule has 0 bridgehead atoms. The van der Waals surface area contributed by atoms with Crippen molar-refractivity contribution in [3.63, 3.8) is 0 Å². The molecular formula is C32H39N5O3. The van der Waals surface area contributed by atoms with Gasteiger partial charge in [0.1, 0.15) is 0 Å². The highest BCUT2D eigenvalue weighted by Gasteiger charge is 2.23. The number of urea groups is 1. The zero-order chi connectivity index (χ0) is 27.7. The zero-order valence-corrected chi connectivity index (χ0v) is 23.1. The summed E-state index contributed by atoms with van der Waals surface area (Å²) < 4.78 is 5.43. The SMILES string of the molecule is NCCCN(Cc1cccc(-c2ccc(N3CCCC3)c(NC(=O)c3ccccc3)c2)c1)C(=O)N1CCOCC1. The van der Waals surface area contributed by atoms with Crippen LogP contribution in [0.25, 0.3) is 11.1 Å². The number of benzene rings is 3. The molecule has 8 heteroatoms. The molecule has 0 unspecified atom stereocenters. The molecule has 3 amide bonds. The quantitative estimate of drug-likeness (QED) is 0.406. The highest BCUT2D eigenvalue weighted by atomic mass is 16.5. The van der Waals surface area contributed by atoms with Crippen molar-refractivity contribution in [2.45, 2.75) is 25.8 Å². The van der Waals surface area contributed by atoms with Crippen LogP contribution in [0.1, 0.15) is 35.2 Å². The second kappa shape index (κ2) is 13.5. The molecule has 2 aliphatic rings. The number of ether oxygens (including phenoxy) is 1. The molecule has 5 rings (SSSR count). The van der Waals surface area contributed by atoms with E-state index in [-0.39, 0.29) is 11.9 Å². The van der Waals surface area contributed by atoms with Gasteiger partial charge in [-0.05, 0) is 72.8 Å². The number of hydrogen-bond donors (Lipinski definition) is 2. The molecule has 2 heterocycles. The summed E-state index contributed by atoms with van der Waals surface area (Å²) in [5, 5.41) is 3.17. The molecule has 0 saturated carbocycles. The maximum Gasteiger partial charge on any atom is 0.320 e. The topological polar surface area (TPSA) is 91.1 Å². The first-order valence-corrected chi connectivity index (χ1v) is 14.3. The van der Waals surface area contributed by atoms with Crippen molar-refractivity contribution >= 4 is 23.3 Å². The summed E-state index contributed by atoms with van der Waals surface area (Å²) in [4.78, 5) is 32.5. The number of carbonyl (C=O) groups excluding carboxylic acids is 2. The Kier molecular flexibility index (Phi) is 9.31. The molecule has 3 N–H and O–H groups in total. The minimum atomic E-state index is -0.121. The molecule has 0 radical (unpaired) electrons. The van der Waals surface area contributed by atoms with Gasteiger partial charge in [0.15, 0.2) is 0 Å². The van der Waals surface area contributed by atoms with Crippen LogP contribution in [-0.2, 0) is 11.3 Å². The maximum absolute atomic E-state index is 13.3. The predicted octanol–water partition coefficient (Wildman–Crippen LogP) is 4.81. The summed E-state index contributed by atoms with van der Waals surface area (Å²) >= 11 is 0. The number of nitrogens with one attached hydrogen (secondary N) is 1. The van der Waals surface area contributed by atoms with Gasteiger partial charge in [-0.3, -0.25) is 4.79 Å². The Balaban J connectivity index is 1.39. The van der Waals surface area contributed by atoms with Gasteiger partial charge in [0.05, 0.1) is 24.6 Å². The van der Waals surface area contributed by atoms with Gasteiger partial charge in [0.25, 0.3) is 5.91 Å². The number of nitrogens with zero attached hydrogens (tertiary/aromatic N) is 3. The van der Waals surface area contributed by atoms with Crippen molar-refractivity contribution < 1.29 is 14.3 Å². The molecule has 3 aromatic carbocycles. The summed E-state index contributed by atoms with van der Waals surface area (Å²) in [6, 6.07) is 23.9. The number of nitrogens with two attached hydrogens (primary N) is 1. The second-order valence-electron chi connectivity index (χ2n) is 10.4. The van der Waals surface area contributed by atoms with E-state index >= 15 is 0 Å². The highest BCUT2D eigenvalue weighted by Crippen LogP contribution is 2.34. The average molecular weight is 542 g/mol. The van der Waals surface area contributed by atoms with E-state index < -0.39 is 0 Å². The smallest absolute Gasteiger partial charge is 0.320 e. The minimum absolute atomic E-state index is 0.0306. The fourth-order valence-corrected chi connectivity index (χ4v) is 5.38. The van der Waals surface area contributed by atoms with Gasteiger partial charge in [0, 0.05) is 44.8 Å². The van der Waals surface area contributed by atoms with Crippen LogP contribution in [0.4, 0.5) is 16.2 Å². The standard InChI is InChI=1S/C32H39N5O3/c33-14-7-17-37(32(39)36-18-20-40-21-19-36)24-25-8-6-11-27(22-25)28-12-13-30(35-15-4-5-16-35)29(23-28)34-31(38)26-9-2-1-3-10-26/h1-3,6,8-13,22-23H,4-5,7,14-21,24,33H2,(H,34,38). The lowest BCUT2D eigenvalue weighted by Crippen LogP contribution is -2.48. The molecule has 2 fully saturated rings. The van der Waals surface area contributed by atoms with Crippen LogP contribution in [0, 0.1) is 0 Å². The Morgan fingerprint density at radius 3 is 2.38 bits per heavy atom. The molecule has 210 valence electrons. The molecular weight excluding hydrogens is 502 g/mol. The van der Waals surface area contributed by atoms with Crippen molar-refractivity contribution in [3.05, 3.63) is 83.9 Å². The Morgan fingerprint density at radius 2 is 1.62 bits per heavy atom. The lowest BCUT2D eigenvalue weighted by Gasteiger charge is -2.33. The van der Waals surface area contributed by atoms with Gasteiger partial charge in [-0.2, -0.15) is 0 Å². The number of rotatable bonds is 9. The van der Waals surface area contributed by atoms with E-state index in [4.69, 9.17) is 10.5 Å². The molecule has 0 spiro atoms. The van der Waals surface area contributed by atoms with E-state index in [2.05, 4.69) is 46.6 Å². The van der Waals surface area contributed by atoms with Crippen LogP contribution in [0.3, 0.4) is 0 Å². The third-order valence-corrected chi connectivity index (χ3v) is 7.55. The van der Waals surface area contributed by atoms with Gasteiger partial charge in [0.2, 0.25) is 0 Å². The van der Waals surface area contributed by atoms with Crippen molar-refractivity contribution in [2.75, 3.05) is 62.7 Å². The third kappa shape index (κ3) is 6.81. The lowest BCUT2D eigenvalue weighted by atomic mass is 10.0. The van der Waals surface area contributed by atoms with Crippen LogP contribution in [0.5, 0.6) is 0 Å². The molecule has 3 aromatic rings. The van der Waals surface area contributed by atoms with Crippen molar-refractivity contribution in [1.29, 1.82) is 0 Å². The van der Waals surface area contributed by atoms with E-state index in [1.165, 1.54) is 0 Å². The molecule has 8 nitrogen and oxygen atoms in total. The lowest BCUT2D eigenvalue weighted by molar-refractivity contribution is 0.0425. The Bertz CT molecular complexity index is 1290. The summed E-state index contributed by atoms with van der Waals surface area (Å²) in [5.41, 5.74) is 11.4. The van der Waals surface area contributed by atoms with Crippen LogP contribution >= 0.6 is 0 Å². The first kappa shape index (κ1) is 27.7. The number of carbonyl (C=O) groups is 2. The monoisotopic (exact) mass is 541 g/mol. The zero-order valence-electron chi connectivity index (χ0n) is 23.1. The molecule has 2 saturated heterocycles. The van der Waals surface area contributed by atoms with Gasteiger partial charge in [-0.15, -0.1) is 0 Å². The summed E-state index contributed by atoms with van der Waals surface area (Å²) in [5.74, 6) is -0.121. The first-order chi connectivity index (χ1) is 19.6. The number of morpholine rings is 1. The summed E-state index contributed by atoms with van der Waals surface area (Å²) in [7, 11) is 0. The Morgan fingerprint density at radius 1 is 0.875 bits per heavy atom. The van der Waals surface area contributed by atoms with E-state index in [0.29, 0.717) is 51.5 Å². The predicted molar refractivity (Wildman–Crippen MR) is 160 cm³/mol. The number of amides is 3. The van der Waals surface area contributed by atoms with Gasteiger partial charge < -0.3 is 30.5 Å². The summed E-state index contributed by atoms with van der Waals surface area (Å²) in [6.45, 7) is 5.98. The molecule has 0 aliphatic carbocycles. The Hall–Kier alpha value is -3.88. The van der Waals surface area contributed by atoms with Crippen molar-refractivity contribution in [1.82, 2.24) is 9.80 Å². The molecule has 2 aliphatic heterocycles. The van der Waals surface area contributed by atoms with Crippen LogP contribution in [0.15, 0.2) is 72.8 Å². The molecule has 0 aromatic heterocycles. The van der Waals surface area contributed by atoms with E-state index in [0.717, 1.165) is 60.4 Å². The highest BCUT2D eigenvalue weighted by molar-refractivity contribution is 6.06. The molecule has 0 atom stereocenters. The minimum Gasteiger partial charge on any atom is -0.378 e. The number of hydrogen-bond acceptors (Lipinski definition) is 5. The largest absolute Gasteiger partial charge is 0.378 e. The maximum atomic E-state index is 13.3. The fraction of sp³-hybridized carbons (Fsp3) is 0.375. The summed E-state index contributed by atoms with van der Waals surface area (Å²) in [6.07, 6.45) is 3.05. The van der Waals surface area contributed by atoms with Gasteiger partial charge in [-0.25, -0.2) is 4.79 Å². The van der Waals surface area contributed by atoms with Crippen molar-refractivity contribution in [3.8, 4) is 11.1 Å². The first-order valence-electron chi connectivity index (χ1n) is 14.3. The third-order valence-electron chi connectivity index (χ3n) is 7.55. The van der Waals surface area contributed by atoms with Crippen LogP contribution < -0.4 is 16.0 Å². The van der Waals surface area contributed by atoms with E-state index in [1.807, 2.05) is 46.2 Å². The number of anilines is 2. The Labute approximate surface area is 236 Å². The van der Waals surface area contributed by atoms with Crippen LogP contribution in [0.2, 0.25) is 0 Å². The van der Waals surface area contributed by atoms with Gasteiger partial charge >= 0.3 is 6.03 Å². The van der Waals surface area contributed by atoms with E-state index in [1.54, 1.807) is 0 Å². The van der Waals surface area contributed by atoms with Crippen LogP contribution in [-0.4, -0.2) is 74.2 Å². The fourth-order valence-electron chi connectivity index (χ4n) is 5.38. The van der Waals surface area contributed by atoms with E-state index in [9.17, 15) is 9.59 Å². The van der Waals surface area contributed by atoms with Gasteiger partial charge in [-0.1, -0.05) is 42.5 Å².